The lowest BCUT2D eigenvalue weighted by atomic mass is 10.3. The Hall–Kier alpha value is -1.98. The molecule has 0 aliphatic rings. The zero-order chi connectivity index (χ0) is 14.8. The average molecular weight is 321 g/mol. The summed E-state index contributed by atoms with van der Waals surface area (Å²) in [4.78, 5) is 4.53. The minimum absolute atomic E-state index is 0.618. The van der Waals surface area contributed by atoms with Gasteiger partial charge >= 0.3 is 0 Å². The zero-order valence-electron chi connectivity index (χ0n) is 11.5. The summed E-state index contributed by atoms with van der Waals surface area (Å²) in [6.07, 6.45) is 0. The molecule has 1 aromatic heterocycles. The Labute approximate surface area is 131 Å². The maximum absolute atomic E-state index is 6.19. The van der Waals surface area contributed by atoms with Gasteiger partial charge in [0, 0.05) is 6.07 Å². The molecule has 21 heavy (non-hydrogen) atoms. The largest absolute Gasteiger partial charge is 0.497 e. The minimum Gasteiger partial charge on any atom is -0.497 e. The van der Waals surface area contributed by atoms with Crippen molar-refractivity contribution < 1.29 is 9.47 Å². The van der Waals surface area contributed by atoms with Crippen LogP contribution in [0.15, 0.2) is 36.4 Å². The fraction of sp³-hybridized carbons (Fsp3) is 0.133. The van der Waals surface area contributed by atoms with Crippen molar-refractivity contribution in [3.63, 3.8) is 0 Å². The molecule has 2 aromatic carbocycles. The van der Waals surface area contributed by atoms with E-state index in [0.717, 1.165) is 32.5 Å². The first kappa shape index (κ1) is 14.0. The topological polar surface area (TPSA) is 43.4 Å². The maximum atomic E-state index is 6.19. The van der Waals surface area contributed by atoms with E-state index < -0.39 is 0 Å². The predicted molar refractivity (Wildman–Crippen MR) is 87.5 cm³/mol. The quantitative estimate of drug-likeness (QED) is 0.756. The summed E-state index contributed by atoms with van der Waals surface area (Å²) >= 11 is 7.73. The molecule has 108 valence electrons. The number of hydrogen-bond donors (Lipinski definition) is 1. The molecule has 0 aliphatic heterocycles. The summed E-state index contributed by atoms with van der Waals surface area (Å²) in [6, 6.07) is 11.2. The van der Waals surface area contributed by atoms with Gasteiger partial charge in [-0.3, -0.25) is 0 Å². The summed E-state index contributed by atoms with van der Waals surface area (Å²) in [5, 5.41) is 4.62. The second kappa shape index (κ2) is 5.79. The Balaban J connectivity index is 1.94. The van der Waals surface area contributed by atoms with E-state index in [9.17, 15) is 0 Å². The number of aromatic nitrogens is 1. The van der Waals surface area contributed by atoms with Crippen LogP contribution in [0, 0.1) is 0 Å². The SMILES string of the molecule is COc1ccc(Cl)c(Nc2nc3ccc(OC)cc3s2)c1. The summed E-state index contributed by atoms with van der Waals surface area (Å²) in [7, 11) is 3.27. The van der Waals surface area contributed by atoms with Gasteiger partial charge in [-0.05, 0) is 30.3 Å². The number of methoxy groups -OCH3 is 2. The van der Waals surface area contributed by atoms with Crippen LogP contribution in [0.25, 0.3) is 10.2 Å². The molecule has 0 amide bonds. The number of hydrogen-bond acceptors (Lipinski definition) is 5. The molecule has 4 nitrogen and oxygen atoms in total. The van der Waals surface area contributed by atoms with Gasteiger partial charge in [-0.1, -0.05) is 22.9 Å². The van der Waals surface area contributed by atoms with Crippen molar-refractivity contribution in [2.75, 3.05) is 19.5 Å². The number of nitrogens with zero attached hydrogens (tertiary/aromatic N) is 1. The number of nitrogens with one attached hydrogen (secondary N) is 1. The van der Waals surface area contributed by atoms with Crippen molar-refractivity contribution in [1.82, 2.24) is 4.98 Å². The summed E-state index contributed by atoms with van der Waals surface area (Å²) < 4.78 is 11.5. The van der Waals surface area contributed by atoms with Gasteiger partial charge in [-0.15, -0.1) is 0 Å². The Morgan fingerprint density at radius 1 is 1.05 bits per heavy atom. The summed E-state index contributed by atoms with van der Waals surface area (Å²) in [5.41, 5.74) is 1.68. The summed E-state index contributed by atoms with van der Waals surface area (Å²) in [5.74, 6) is 1.56. The Morgan fingerprint density at radius 3 is 2.52 bits per heavy atom. The predicted octanol–water partition coefficient (Wildman–Crippen LogP) is 4.71. The lowest BCUT2D eigenvalue weighted by molar-refractivity contribution is 0.415. The fourth-order valence-corrected chi connectivity index (χ4v) is 3.00. The van der Waals surface area contributed by atoms with Crippen molar-refractivity contribution in [1.29, 1.82) is 0 Å². The van der Waals surface area contributed by atoms with Crippen LogP contribution in [0.2, 0.25) is 5.02 Å². The van der Waals surface area contributed by atoms with Crippen molar-refractivity contribution in [2.45, 2.75) is 0 Å². The zero-order valence-corrected chi connectivity index (χ0v) is 13.1. The Morgan fingerprint density at radius 2 is 1.76 bits per heavy atom. The lowest BCUT2D eigenvalue weighted by Crippen LogP contribution is -1.91. The molecule has 0 saturated carbocycles. The molecule has 1 heterocycles. The van der Waals surface area contributed by atoms with E-state index in [1.165, 1.54) is 0 Å². The van der Waals surface area contributed by atoms with Crippen LogP contribution in [-0.2, 0) is 0 Å². The second-order valence-corrected chi connectivity index (χ2v) is 5.76. The van der Waals surface area contributed by atoms with E-state index in [2.05, 4.69) is 10.3 Å². The highest BCUT2D eigenvalue weighted by molar-refractivity contribution is 7.22. The molecule has 0 atom stereocenters. The van der Waals surface area contributed by atoms with E-state index in [1.807, 2.05) is 30.3 Å². The molecule has 0 bridgehead atoms. The van der Waals surface area contributed by atoms with Gasteiger partial charge in [-0.25, -0.2) is 4.98 Å². The molecule has 0 unspecified atom stereocenters. The molecule has 3 aromatic rings. The van der Waals surface area contributed by atoms with Crippen molar-refractivity contribution >= 4 is 44.0 Å². The van der Waals surface area contributed by atoms with Gasteiger partial charge < -0.3 is 14.8 Å². The molecule has 0 aliphatic carbocycles. The van der Waals surface area contributed by atoms with E-state index in [4.69, 9.17) is 21.1 Å². The maximum Gasteiger partial charge on any atom is 0.188 e. The molecular formula is C15H13ClN2O2S. The molecule has 6 heteroatoms. The highest BCUT2D eigenvalue weighted by Gasteiger charge is 2.08. The molecule has 1 N–H and O–H groups in total. The van der Waals surface area contributed by atoms with Gasteiger partial charge in [0.2, 0.25) is 0 Å². The molecule has 0 spiro atoms. The first-order chi connectivity index (χ1) is 10.2. The van der Waals surface area contributed by atoms with Crippen LogP contribution in [0.5, 0.6) is 11.5 Å². The van der Waals surface area contributed by atoms with Gasteiger partial charge in [0.15, 0.2) is 5.13 Å². The first-order valence-electron chi connectivity index (χ1n) is 6.25. The van der Waals surface area contributed by atoms with E-state index in [0.29, 0.717) is 5.02 Å². The molecule has 0 fully saturated rings. The second-order valence-electron chi connectivity index (χ2n) is 4.32. The van der Waals surface area contributed by atoms with Gasteiger partial charge in [0.25, 0.3) is 0 Å². The normalized spacial score (nSPS) is 10.6. The molecule has 0 saturated heterocycles. The van der Waals surface area contributed by atoms with Crippen LogP contribution in [-0.4, -0.2) is 19.2 Å². The van der Waals surface area contributed by atoms with Gasteiger partial charge in [-0.2, -0.15) is 0 Å². The smallest absolute Gasteiger partial charge is 0.188 e. The standard InChI is InChI=1S/C15H13ClN2O2S/c1-19-9-3-5-11(16)13(7-9)18-15-17-12-6-4-10(20-2)8-14(12)21-15/h3-8H,1-2H3,(H,17,18). The number of ether oxygens (including phenoxy) is 2. The van der Waals surface area contributed by atoms with Crippen LogP contribution < -0.4 is 14.8 Å². The minimum atomic E-state index is 0.618. The van der Waals surface area contributed by atoms with Crippen LogP contribution >= 0.6 is 22.9 Å². The lowest BCUT2D eigenvalue weighted by Gasteiger charge is -2.07. The summed E-state index contributed by atoms with van der Waals surface area (Å²) in [6.45, 7) is 0. The Kier molecular flexibility index (Phi) is 3.86. The highest BCUT2D eigenvalue weighted by atomic mass is 35.5. The number of thiazole rings is 1. The monoisotopic (exact) mass is 320 g/mol. The van der Waals surface area contributed by atoms with Crippen molar-refractivity contribution in [3.8, 4) is 11.5 Å². The molecular weight excluding hydrogens is 308 g/mol. The third kappa shape index (κ3) is 2.89. The third-order valence-corrected chi connectivity index (χ3v) is 4.27. The number of benzene rings is 2. The van der Waals surface area contributed by atoms with Crippen molar-refractivity contribution in [3.05, 3.63) is 41.4 Å². The van der Waals surface area contributed by atoms with Gasteiger partial charge in [0.05, 0.1) is 35.1 Å². The van der Waals surface area contributed by atoms with E-state index >= 15 is 0 Å². The number of anilines is 2. The van der Waals surface area contributed by atoms with Crippen LogP contribution in [0.3, 0.4) is 0 Å². The average Bonchev–Trinajstić information content (AvgIpc) is 2.90. The van der Waals surface area contributed by atoms with E-state index in [-0.39, 0.29) is 0 Å². The van der Waals surface area contributed by atoms with E-state index in [1.54, 1.807) is 31.6 Å². The number of rotatable bonds is 4. The third-order valence-electron chi connectivity index (χ3n) is 3.01. The molecule has 3 rings (SSSR count). The number of fused-ring (bicyclic) bond motifs is 1. The van der Waals surface area contributed by atoms with Crippen molar-refractivity contribution in [2.24, 2.45) is 0 Å². The fourth-order valence-electron chi connectivity index (χ4n) is 1.93. The first-order valence-corrected chi connectivity index (χ1v) is 7.44. The molecule has 0 radical (unpaired) electrons. The number of halogens is 1. The Bertz CT molecular complexity index is 788. The van der Waals surface area contributed by atoms with Crippen LogP contribution in [0.1, 0.15) is 0 Å². The highest BCUT2D eigenvalue weighted by Crippen LogP contribution is 2.34. The van der Waals surface area contributed by atoms with Crippen LogP contribution in [0.4, 0.5) is 10.8 Å². The van der Waals surface area contributed by atoms with Gasteiger partial charge in [0.1, 0.15) is 11.5 Å².